The molecule has 2 aliphatic carbocycles. The average molecular weight is 192 g/mol. The summed E-state index contributed by atoms with van der Waals surface area (Å²) in [5, 5.41) is 9.68. The number of allylic oxidation sites excluding steroid dienone is 3. The van der Waals surface area contributed by atoms with Crippen LogP contribution < -0.4 is 0 Å². The summed E-state index contributed by atoms with van der Waals surface area (Å²) >= 11 is 0. The Labute approximate surface area is 86.5 Å². The van der Waals surface area contributed by atoms with Gasteiger partial charge in [-0.15, -0.1) is 0 Å². The molecule has 0 radical (unpaired) electrons. The van der Waals surface area contributed by atoms with E-state index in [1.807, 2.05) is 6.08 Å². The standard InChI is InChI=1S/C13H20O/c1-3-10-5-4-6-11-9-12(14)7-8-13(10,11)2/h3,5,11-12,14H,1,4,6-9H2,2H3. The lowest BCUT2D eigenvalue weighted by Gasteiger charge is -2.46. The highest BCUT2D eigenvalue weighted by atomic mass is 16.3. The van der Waals surface area contributed by atoms with E-state index in [0.29, 0.717) is 11.3 Å². The minimum Gasteiger partial charge on any atom is -0.393 e. The Morgan fingerprint density at radius 3 is 3.07 bits per heavy atom. The smallest absolute Gasteiger partial charge is 0.0543 e. The third-order valence-electron chi connectivity index (χ3n) is 4.21. The van der Waals surface area contributed by atoms with Crippen molar-refractivity contribution in [2.24, 2.45) is 11.3 Å². The van der Waals surface area contributed by atoms with Crippen molar-refractivity contribution >= 4 is 0 Å². The first-order valence-corrected chi connectivity index (χ1v) is 5.68. The minimum absolute atomic E-state index is 0.0581. The highest BCUT2D eigenvalue weighted by molar-refractivity contribution is 5.28. The number of aliphatic hydroxyl groups excluding tert-OH is 1. The van der Waals surface area contributed by atoms with Crippen LogP contribution in [0.1, 0.15) is 39.0 Å². The molecule has 14 heavy (non-hydrogen) atoms. The van der Waals surface area contributed by atoms with Crippen LogP contribution in [0.15, 0.2) is 24.3 Å². The Hall–Kier alpha value is -0.560. The number of hydrogen-bond acceptors (Lipinski definition) is 1. The summed E-state index contributed by atoms with van der Waals surface area (Å²) in [6, 6.07) is 0. The zero-order chi connectivity index (χ0) is 10.2. The van der Waals surface area contributed by atoms with E-state index in [-0.39, 0.29) is 6.10 Å². The van der Waals surface area contributed by atoms with Crippen LogP contribution in [-0.2, 0) is 0 Å². The van der Waals surface area contributed by atoms with Gasteiger partial charge in [-0.1, -0.05) is 25.7 Å². The van der Waals surface area contributed by atoms with Gasteiger partial charge < -0.3 is 5.11 Å². The van der Waals surface area contributed by atoms with Gasteiger partial charge in [0.1, 0.15) is 0 Å². The van der Waals surface area contributed by atoms with Gasteiger partial charge in [-0.05, 0) is 49.0 Å². The molecule has 2 aliphatic rings. The van der Waals surface area contributed by atoms with Crippen LogP contribution in [0.2, 0.25) is 0 Å². The molecule has 0 heterocycles. The summed E-state index contributed by atoms with van der Waals surface area (Å²) in [5.74, 6) is 0.671. The van der Waals surface area contributed by atoms with E-state index < -0.39 is 0 Å². The number of fused-ring (bicyclic) bond motifs is 1. The third-order valence-corrected chi connectivity index (χ3v) is 4.21. The van der Waals surface area contributed by atoms with Crippen LogP contribution in [0.25, 0.3) is 0 Å². The molecule has 0 aliphatic heterocycles. The maximum atomic E-state index is 9.68. The maximum Gasteiger partial charge on any atom is 0.0543 e. The Kier molecular flexibility index (Phi) is 2.52. The summed E-state index contributed by atoms with van der Waals surface area (Å²) < 4.78 is 0. The third kappa shape index (κ3) is 1.44. The van der Waals surface area contributed by atoms with Crippen molar-refractivity contribution in [3.63, 3.8) is 0 Å². The first-order valence-electron chi connectivity index (χ1n) is 5.68. The maximum absolute atomic E-state index is 9.68. The van der Waals surface area contributed by atoms with E-state index in [1.165, 1.54) is 12.0 Å². The molecular weight excluding hydrogens is 172 g/mol. The molecule has 0 aromatic carbocycles. The molecule has 1 heteroatoms. The zero-order valence-electron chi connectivity index (χ0n) is 9.00. The Balaban J connectivity index is 2.26. The van der Waals surface area contributed by atoms with Gasteiger partial charge in [0.25, 0.3) is 0 Å². The van der Waals surface area contributed by atoms with Crippen LogP contribution >= 0.6 is 0 Å². The zero-order valence-corrected chi connectivity index (χ0v) is 9.00. The highest BCUT2D eigenvalue weighted by Gasteiger charge is 2.42. The second-order valence-electron chi connectivity index (χ2n) is 4.98. The van der Waals surface area contributed by atoms with Crippen molar-refractivity contribution in [2.75, 3.05) is 0 Å². The van der Waals surface area contributed by atoms with Crippen LogP contribution in [0.3, 0.4) is 0 Å². The molecule has 1 nitrogen and oxygen atoms in total. The molecule has 78 valence electrons. The van der Waals surface area contributed by atoms with Crippen molar-refractivity contribution in [2.45, 2.75) is 45.1 Å². The second-order valence-corrected chi connectivity index (χ2v) is 4.98. The monoisotopic (exact) mass is 192 g/mol. The van der Waals surface area contributed by atoms with Crippen molar-refractivity contribution < 1.29 is 5.11 Å². The summed E-state index contributed by atoms with van der Waals surface area (Å²) in [4.78, 5) is 0. The predicted molar refractivity (Wildman–Crippen MR) is 59.0 cm³/mol. The lowest BCUT2D eigenvalue weighted by atomic mass is 9.59. The summed E-state index contributed by atoms with van der Waals surface area (Å²) in [5.41, 5.74) is 1.72. The van der Waals surface area contributed by atoms with Gasteiger partial charge in [0, 0.05) is 0 Å². The molecular formula is C13H20O. The molecule has 1 fully saturated rings. The molecule has 1 saturated carbocycles. The quantitative estimate of drug-likeness (QED) is 0.677. The Bertz CT molecular complexity index is 266. The lowest BCUT2D eigenvalue weighted by molar-refractivity contribution is 0.0316. The van der Waals surface area contributed by atoms with Gasteiger partial charge >= 0.3 is 0 Å². The molecule has 3 atom stereocenters. The van der Waals surface area contributed by atoms with Gasteiger partial charge in [-0.3, -0.25) is 0 Å². The van der Waals surface area contributed by atoms with E-state index in [0.717, 1.165) is 25.7 Å². The first-order chi connectivity index (χ1) is 6.66. The van der Waals surface area contributed by atoms with Gasteiger partial charge in [-0.2, -0.15) is 0 Å². The molecule has 0 bridgehead atoms. The first kappa shape index (κ1) is 9.97. The van der Waals surface area contributed by atoms with Crippen molar-refractivity contribution in [1.82, 2.24) is 0 Å². The van der Waals surface area contributed by atoms with Crippen molar-refractivity contribution in [1.29, 1.82) is 0 Å². The van der Waals surface area contributed by atoms with Gasteiger partial charge in [0.05, 0.1) is 6.10 Å². The van der Waals surface area contributed by atoms with Crippen LogP contribution in [0.5, 0.6) is 0 Å². The molecule has 0 aromatic rings. The fraction of sp³-hybridized carbons (Fsp3) is 0.692. The molecule has 2 rings (SSSR count). The number of aliphatic hydroxyl groups is 1. The van der Waals surface area contributed by atoms with Crippen LogP contribution in [0.4, 0.5) is 0 Å². The molecule has 0 aromatic heterocycles. The fourth-order valence-corrected chi connectivity index (χ4v) is 3.18. The van der Waals surface area contributed by atoms with E-state index in [1.54, 1.807) is 0 Å². The number of rotatable bonds is 1. The SMILES string of the molecule is C=CC1=CCCC2CC(O)CCC12C. The Morgan fingerprint density at radius 1 is 1.57 bits per heavy atom. The van der Waals surface area contributed by atoms with Gasteiger partial charge in [0.2, 0.25) is 0 Å². The molecule has 3 unspecified atom stereocenters. The second kappa shape index (κ2) is 3.54. The van der Waals surface area contributed by atoms with Crippen molar-refractivity contribution in [3.05, 3.63) is 24.3 Å². The highest BCUT2D eigenvalue weighted by Crippen LogP contribution is 2.51. The van der Waals surface area contributed by atoms with E-state index in [2.05, 4.69) is 19.6 Å². The normalized spacial score (nSPS) is 42.6. The topological polar surface area (TPSA) is 20.2 Å². The fourth-order valence-electron chi connectivity index (χ4n) is 3.18. The largest absolute Gasteiger partial charge is 0.393 e. The molecule has 0 spiro atoms. The van der Waals surface area contributed by atoms with E-state index in [9.17, 15) is 5.11 Å². The molecule has 0 saturated heterocycles. The van der Waals surface area contributed by atoms with Crippen LogP contribution in [-0.4, -0.2) is 11.2 Å². The predicted octanol–water partition coefficient (Wildman–Crippen LogP) is 3.06. The lowest BCUT2D eigenvalue weighted by Crippen LogP contribution is -2.39. The summed E-state index contributed by atoms with van der Waals surface area (Å²) in [7, 11) is 0. The van der Waals surface area contributed by atoms with Gasteiger partial charge in [0.15, 0.2) is 0 Å². The summed E-state index contributed by atoms with van der Waals surface area (Å²) in [6.45, 7) is 6.25. The minimum atomic E-state index is -0.0581. The Morgan fingerprint density at radius 2 is 2.36 bits per heavy atom. The van der Waals surface area contributed by atoms with Crippen molar-refractivity contribution in [3.8, 4) is 0 Å². The number of hydrogen-bond donors (Lipinski definition) is 1. The average Bonchev–Trinajstić information content (AvgIpc) is 2.18. The van der Waals surface area contributed by atoms with E-state index >= 15 is 0 Å². The molecule has 1 N–H and O–H groups in total. The van der Waals surface area contributed by atoms with E-state index in [4.69, 9.17) is 0 Å². The summed E-state index contributed by atoms with van der Waals surface area (Å²) in [6.07, 6.45) is 9.76. The molecule has 0 amide bonds. The van der Waals surface area contributed by atoms with Crippen LogP contribution in [0, 0.1) is 11.3 Å². The van der Waals surface area contributed by atoms with Gasteiger partial charge in [-0.25, -0.2) is 0 Å².